The van der Waals surface area contributed by atoms with Gasteiger partial charge in [0.05, 0.1) is 6.04 Å². The molecule has 0 aliphatic rings. The fraction of sp³-hybridized carbons (Fsp3) is 0.250. The Hall–Kier alpha value is -1.51. The zero-order chi connectivity index (χ0) is 13.8. The van der Waals surface area contributed by atoms with Gasteiger partial charge in [-0.25, -0.2) is 0 Å². The molecule has 0 fully saturated rings. The number of hydrogen-bond donors (Lipinski definition) is 1. The molecule has 0 aromatic heterocycles. The van der Waals surface area contributed by atoms with E-state index in [9.17, 15) is 0 Å². The van der Waals surface area contributed by atoms with Crippen molar-refractivity contribution < 1.29 is 0 Å². The van der Waals surface area contributed by atoms with Gasteiger partial charge in [0, 0.05) is 24.8 Å². The summed E-state index contributed by atoms with van der Waals surface area (Å²) in [6.07, 6.45) is 0. The molecular weight excluding hydrogens is 256 g/mol. The summed E-state index contributed by atoms with van der Waals surface area (Å²) in [5.41, 5.74) is 3.49. The summed E-state index contributed by atoms with van der Waals surface area (Å²) in [4.78, 5) is 2.10. The van der Waals surface area contributed by atoms with Crippen LogP contribution in [-0.4, -0.2) is 21.1 Å². The van der Waals surface area contributed by atoms with E-state index < -0.39 is 0 Å². The molecule has 0 bridgehead atoms. The van der Waals surface area contributed by atoms with Crippen LogP contribution in [0.4, 0.5) is 5.69 Å². The summed E-state index contributed by atoms with van der Waals surface area (Å²) in [5, 5.41) is 4.13. The molecule has 2 rings (SSSR count). The van der Waals surface area contributed by atoms with Gasteiger partial charge in [0.2, 0.25) is 0 Å². The molecule has 0 saturated carbocycles. The van der Waals surface area contributed by atoms with Crippen molar-refractivity contribution in [1.29, 1.82) is 0 Å². The molecule has 0 aliphatic heterocycles. The molecule has 0 heterocycles. The van der Waals surface area contributed by atoms with E-state index in [0.717, 1.165) is 10.6 Å². The predicted molar refractivity (Wildman–Crippen MR) is 83.1 cm³/mol. The first-order chi connectivity index (χ1) is 9.13. The van der Waals surface area contributed by atoms with Crippen LogP contribution in [0.3, 0.4) is 0 Å². The lowest BCUT2D eigenvalue weighted by Crippen LogP contribution is -2.18. The summed E-state index contributed by atoms with van der Waals surface area (Å²) in [6.45, 7) is 0. The quantitative estimate of drug-likeness (QED) is 0.914. The molecule has 2 aromatic carbocycles. The van der Waals surface area contributed by atoms with Crippen LogP contribution in [0.15, 0.2) is 48.5 Å². The second kappa shape index (κ2) is 6.09. The largest absolute Gasteiger partial charge is 0.378 e. The Kier molecular flexibility index (Phi) is 4.46. The fourth-order valence-corrected chi connectivity index (χ4v) is 2.44. The lowest BCUT2D eigenvalue weighted by molar-refractivity contribution is 0.692. The Morgan fingerprint density at radius 1 is 1.05 bits per heavy atom. The summed E-state index contributed by atoms with van der Waals surface area (Å²) in [5.74, 6) is 0. The standard InChI is InChI=1S/C16H19ClN2/c1-18-16(14-9-4-5-10-15(14)17)12-7-6-8-13(11-12)19(2)3/h4-11,16,18H,1-3H3. The Bertz CT molecular complexity index is 552. The average molecular weight is 275 g/mol. The highest BCUT2D eigenvalue weighted by Crippen LogP contribution is 2.29. The Morgan fingerprint density at radius 3 is 2.42 bits per heavy atom. The molecule has 1 unspecified atom stereocenters. The highest BCUT2D eigenvalue weighted by Gasteiger charge is 2.15. The highest BCUT2D eigenvalue weighted by molar-refractivity contribution is 6.31. The maximum atomic E-state index is 6.30. The predicted octanol–water partition coefficient (Wildman–Crippen LogP) is 3.71. The van der Waals surface area contributed by atoms with Gasteiger partial charge in [0.15, 0.2) is 0 Å². The van der Waals surface area contributed by atoms with Crippen molar-refractivity contribution in [3.05, 3.63) is 64.7 Å². The maximum Gasteiger partial charge on any atom is 0.0589 e. The molecule has 1 atom stereocenters. The molecule has 0 aliphatic carbocycles. The first-order valence-electron chi connectivity index (χ1n) is 6.32. The Morgan fingerprint density at radius 2 is 1.79 bits per heavy atom. The van der Waals surface area contributed by atoms with Crippen molar-refractivity contribution in [3.8, 4) is 0 Å². The van der Waals surface area contributed by atoms with Crippen LogP contribution in [0.1, 0.15) is 17.2 Å². The topological polar surface area (TPSA) is 15.3 Å². The monoisotopic (exact) mass is 274 g/mol. The number of nitrogens with one attached hydrogen (secondary N) is 1. The number of halogens is 1. The van der Waals surface area contributed by atoms with E-state index in [1.54, 1.807) is 0 Å². The van der Waals surface area contributed by atoms with Crippen LogP contribution >= 0.6 is 11.6 Å². The first-order valence-corrected chi connectivity index (χ1v) is 6.70. The summed E-state index contributed by atoms with van der Waals surface area (Å²) >= 11 is 6.30. The van der Waals surface area contributed by atoms with Crippen LogP contribution in [0.5, 0.6) is 0 Å². The third kappa shape index (κ3) is 3.09. The average Bonchev–Trinajstić information content (AvgIpc) is 2.42. The Balaban J connectivity index is 2.43. The molecule has 0 radical (unpaired) electrons. The number of anilines is 1. The van der Waals surface area contributed by atoms with E-state index in [4.69, 9.17) is 11.6 Å². The van der Waals surface area contributed by atoms with E-state index in [2.05, 4.69) is 40.5 Å². The van der Waals surface area contributed by atoms with Crippen molar-refractivity contribution in [2.45, 2.75) is 6.04 Å². The SMILES string of the molecule is CNC(c1cccc(N(C)C)c1)c1ccccc1Cl. The third-order valence-corrected chi connectivity index (χ3v) is 3.57. The maximum absolute atomic E-state index is 6.30. The van der Waals surface area contributed by atoms with Crippen LogP contribution < -0.4 is 10.2 Å². The lowest BCUT2D eigenvalue weighted by Gasteiger charge is -2.21. The van der Waals surface area contributed by atoms with E-state index >= 15 is 0 Å². The van der Waals surface area contributed by atoms with Gasteiger partial charge in [-0.15, -0.1) is 0 Å². The number of hydrogen-bond acceptors (Lipinski definition) is 2. The minimum absolute atomic E-state index is 0.105. The zero-order valence-electron chi connectivity index (χ0n) is 11.5. The van der Waals surface area contributed by atoms with Crippen LogP contribution in [0.25, 0.3) is 0 Å². The van der Waals surface area contributed by atoms with E-state index in [1.165, 1.54) is 11.3 Å². The molecular formula is C16H19ClN2. The van der Waals surface area contributed by atoms with Gasteiger partial charge in [-0.3, -0.25) is 0 Å². The van der Waals surface area contributed by atoms with E-state index in [1.807, 2.05) is 39.3 Å². The second-order valence-electron chi connectivity index (χ2n) is 4.73. The van der Waals surface area contributed by atoms with Gasteiger partial charge in [-0.1, -0.05) is 41.9 Å². The van der Waals surface area contributed by atoms with Crippen LogP contribution in [0.2, 0.25) is 5.02 Å². The van der Waals surface area contributed by atoms with Gasteiger partial charge >= 0.3 is 0 Å². The molecule has 2 aromatic rings. The molecule has 0 amide bonds. The molecule has 3 heteroatoms. The van der Waals surface area contributed by atoms with Crippen molar-refractivity contribution in [1.82, 2.24) is 5.32 Å². The van der Waals surface area contributed by atoms with Crippen molar-refractivity contribution in [3.63, 3.8) is 0 Å². The van der Waals surface area contributed by atoms with Crippen molar-refractivity contribution in [2.75, 3.05) is 26.0 Å². The molecule has 100 valence electrons. The summed E-state index contributed by atoms with van der Waals surface area (Å²) in [6, 6.07) is 16.5. The fourth-order valence-electron chi connectivity index (χ4n) is 2.19. The third-order valence-electron chi connectivity index (χ3n) is 3.22. The van der Waals surface area contributed by atoms with Crippen molar-refractivity contribution in [2.24, 2.45) is 0 Å². The molecule has 2 nitrogen and oxygen atoms in total. The molecule has 19 heavy (non-hydrogen) atoms. The number of rotatable bonds is 4. The van der Waals surface area contributed by atoms with Gasteiger partial charge in [0.25, 0.3) is 0 Å². The van der Waals surface area contributed by atoms with E-state index in [0.29, 0.717) is 0 Å². The minimum Gasteiger partial charge on any atom is -0.378 e. The highest BCUT2D eigenvalue weighted by atomic mass is 35.5. The first kappa shape index (κ1) is 13.9. The lowest BCUT2D eigenvalue weighted by atomic mass is 9.98. The number of benzene rings is 2. The van der Waals surface area contributed by atoms with Gasteiger partial charge in [-0.2, -0.15) is 0 Å². The van der Waals surface area contributed by atoms with Crippen molar-refractivity contribution >= 4 is 17.3 Å². The molecule has 0 saturated heterocycles. The normalized spacial score (nSPS) is 12.2. The van der Waals surface area contributed by atoms with Gasteiger partial charge in [0.1, 0.15) is 0 Å². The second-order valence-corrected chi connectivity index (χ2v) is 5.14. The molecule has 0 spiro atoms. The molecule has 1 N–H and O–H groups in total. The minimum atomic E-state index is 0.105. The zero-order valence-corrected chi connectivity index (χ0v) is 12.3. The Labute approximate surface area is 120 Å². The number of nitrogens with zero attached hydrogens (tertiary/aromatic N) is 1. The summed E-state index contributed by atoms with van der Waals surface area (Å²) in [7, 11) is 6.04. The van der Waals surface area contributed by atoms with Gasteiger partial charge < -0.3 is 10.2 Å². The summed E-state index contributed by atoms with van der Waals surface area (Å²) < 4.78 is 0. The smallest absolute Gasteiger partial charge is 0.0589 e. The van der Waals surface area contributed by atoms with E-state index in [-0.39, 0.29) is 6.04 Å². The van der Waals surface area contributed by atoms with Crippen LogP contribution in [0, 0.1) is 0 Å². The van der Waals surface area contributed by atoms with Gasteiger partial charge in [-0.05, 0) is 36.4 Å². The van der Waals surface area contributed by atoms with Crippen LogP contribution in [-0.2, 0) is 0 Å².